The van der Waals surface area contributed by atoms with E-state index in [4.69, 9.17) is 11.6 Å². The summed E-state index contributed by atoms with van der Waals surface area (Å²) in [4.78, 5) is 32.4. The second kappa shape index (κ2) is 12.1. The standard InChI is InChI=1S/C23H27ClN4O2S2/c1-3-28(4-2)20(18-9-5-6-10-19(18)24)14-25-21(29)12-16-15-32-23(26-16)27-22(30)13-17-8-7-11-31-17/h5-11,15,20H,3-4,12-14H2,1-2H3,(H,25,29)(H,26,27,30). The molecule has 0 aliphatic carbocycles. The van der Waals surface area contributed by atoms with Gasteiger partial charge < -0.3 is 10.6 Å². The molecule has 170 valence electrons. The zero-order valence-corrected chi connectivity index (χ0v) is 20.5. The van der Waals surface area contributed by atoms with Crippen LogP contribution in [0.15, 0.2) is 47.2 Å². The van der Waals surface area contributed by atoms with Crippen molar-refractivity contribution in [3.05, 3.63) is 68.3 Å². The van der Waals surface area contributed by atoms with E-state index in [0.29, 0.717) is 28.8 Å². The summed E-state index contributed by atoms with van der Waals surface area (Å²) in [6, 6.07) is 11.6. The van der Waals surface area contributed by atoms with Gasteiger partial charge in [-0.15, -0.1) is 22.7 Å². The van der Waals surface area contributed by atoms with Gasteiger partial charge in [-0.05, 0) is 36.2 Å². The van der Waals surface area contributed by atoms with Crippen LogP contribution in [0.4, 0.5) is 5.13 Å². The van der Waals surface area contributed by atoms with Crippen molar-refractivity contribution in [1.29, 1.82) is 0 Å². The third kappa shape index (κ3) is 6.87. The number of thiophene rings is 1. The van der Waals surface area contributed by atoms with Crippen molar-refractivity contribution < 1.29 is 9.59 Å². The Kier molecular flexibility index (Phi) is 9.23. The maximum absolute atomic E-state index is 12.6. The van der Waals surface area contributed by atoms with Crippen molar-refractivity contribution >= 4 is 51.2 Å². The number of halogens is 1. The topological polar surface area (TPSA) is 74.3 Å². The molecule has 0 saturated heterocycles. The van der Waals surface area contributed by atoms with Gasteiger partial charge in [0.2, 0.25) is 11.8 Å². The van der Waals surface area contributed by atoms with E-state index in [1.807, 2.05) is 41.8 Å². The summed E-state index contributed by atoms with van der Waals surface area (Å²) in [5.74, 6) is -0.226. The molecule has 3 rings (SSSR count). The number of likely N-dealkylation sites (N-methyl/N-ethyl adjacent to an activating group) is 1. The number of aromatic nitrogens is 1. The molecule has 2 aromatic heterocycles. The van der Waals surface area contributed by atoms with E-state index >= 15 is 0 Å². The summed E-state index contributed by atoms with van der Waals surface area (Å²) in [6.45, 7) is 6.35. The van der Waals surface area contributed by atoms with Crippen LogP contribution in [-0.4, -0.2) is 41.3 Å². The van der Waals surface area contributed by atoms with E-state index in [1.54, 1.807) is 16.7 Å². The third-order valence-corrected chi connectivity index (χ3v) is 7.09. The van der Waals surface area contributed by atoms with Crippen LogP contribution < -0.4 is 10.6 Å². The van der Waals surface area contributed by atoms with E-state index in [1.165, 1.54) is 11.3 Å². The van der Waals surface area contributed by atoms with Crippen molar-refractivity contribution in [3.63, 3.8) is 0 Å². The van der Waals surface area contributed by atoms with Crippen LogP contribution in [-0.2, 0) is 22.4 Å². The monoisotopic (exact) mass is 490 g/mol. The first-order chi connectivity index (χ1) is 15.5. The summed E-state index contributed by atoms with van der Waals surface area (Å²) in [7, 11) is 0. The number of carbonyl (C=O) groups is 2. The van der Waals surface area contributed by atoms with Gasteiger partial charge in [0.15, 0.2) is 5.13 Å². The first kappa shape index (κ1) is 24.4. The molecule has 0 fully saturated rings. The van der Waals surface area contributed by atoms with E-state index in [9.17, 15) is 9.59 Å². The van der Waals surface area contributed by atoms with E-state index in [2.05, 4.69) is 34.4 Å². The number of rotatable bonds is 11. The van der Waals surface area contributed by atoms with Gasteiger partial charge in [0, 0.05) is 21.8 Å². The highest BCUT2D eigenvalue weighted by atomic mass is 35.5. The fraction of sp³-hybridized carbons (Fsp3) is 0.348. The number of nitrogens with zero attached hydrogens (tertiary/aromatic N) is 2. The molecule has 0 spiro atoms. The molecule has 1 aromatic carbocycles. The van der Waals surface area contributed by atoms with Gasteiger partial charge in [-0.1, -0.05) is 49.7 Å². The Bertz CT molecular complexity index is 1020. The Labute approximate surface area is 201 Å². The second-order valence-corrected chi connectivity index (χ2v) is 9.49. The van der Waals surface area contributed by atoms with Crippen LogP contribution in [0.5, 0.6) is 0 Å². The fourth-order valence-corrected chi connectivity index (χ4v) is 5.16. The maximum atomic E-state index is 12.6. The smallest absolute Gasteiger partial charge is 0.231 e. The SMILES string of the molecule is CCN(CC)C(CNC(=O)Cc1csc(NC(=O)Cc2cccs2)n1)c1ccccc1Cl. The highest BCUT2D eigenvalue weighted by Gasteiger charge is 2.21. The predicted octanol–water partition coefficient (Wildman–Crippen LogP) is 4.78. The summed E-state index contributed by atoms with van der Waals surface area (Å²) in [5.41, 5.74) is 1.64. The van der Waals surface area contributed by atoms with Gasteiger partial charge in [0.05, 0.1) is 24.6 Å². The molecule has 2 N–H and O–H groups in total. The Balaban J connectivity index is 1.55. The van der Waals surface area contributed by atoms with Crippen LogP contribution in [0.25, 0.3) is 0 Å². The van der Waals surface area contributed by atoms with E-state index in [-0.39, 0.29) is 24.3 Å². The lowest BCUT2D eigenvalue weighted by molar-refractivity contribution is -0.120. The van der Waals surface area contributed by atoms with Gasteiger partial charge >= 0.3 is 0 Å². The molecular weight excluding hydrogens is 464 g/mol. The molecule has 32 heavy (non-hydrogen) atoms. The first-order valence-corrected chi connectivity index (χ1v) is 12.7. The first-order valence-electron chi connectivity index (χ1n) is 10.5. The van der Waals surface area contributed by atoms with Crippen LogP contribution in [0.2, 0.25) is 5.02 Å². The average Bonchev–Trinajstić information content (AvgIpc) is 3.44. The van der Waals surface area contributed by atoms with Crippen LogP contribution in [0.3, 0.4) is 0 Å². The number of carbonyl (C=O) groups excluding carboxylic acids is 2. The number of nitrogens with one attached hydrogen (secondary N) is 2. The fourth-order valence-electron chi connectivity index (χ4n) is 3.46. The minimum absolute atomic E-state index is 0.00909. The van der Waals surface area contributed by atoms with E-state index < -0.39 is 0 Å². The molecule has 0 aliphatic rings. The van der Waals surface area contributed by atoms with Crippen LogP contribution in [0.1, 0.15) is 36.0 Å². The van der Waals surface area contributed by atoms with Gasteiger partial charge in [-0.3, -0.25) is 14.5 Å². The van der Waals surface area contributed by atoms with Crippen LogP contribution in [0, 0.1) is 0 Å². The summed E-state index contributed by atoms with van der Waals surface area (Å²) >= 11 is 9.30. The maximum Gasteiger partial charge on any atom is 0.231 e. The second-order valence-electron chi connectivity index (χ2n) is 7.19. The molecule has 3 aromatic rings. The number of benzene rings is 1. The Morgan fingerprint density at radius 3 is 2.53 bits per heavy atom. The molecule has 9 heteroatoms. The molecule has 1 unspecified atom stereocenters. The molecule has 2 amide bonds. The number of hydrogen-bond acceptors (Lipinski definition) is 6. The normalized spacial score (nSPS) is 12.0. The minimum Gasteiger partial charge on any atom is -0.354 e. The molecule has 0 saturated carbocycles. The lowest BCUT2D eigenvalue weighted by Crippen LogP contribution is -2.38. The van der Waals surface area contributed by atoms with Crippen molar-refractivity contribution in [2.45, 2.75) is 32.7 Å². The molecule has 1 atom stereocenters. The third-order valence-electron chi connectivity index (χ3n) is 5.06. The van der Waals surface area contributed by atoms with Gasteiger partial charge in [0.25, 0.3) is 0 Å². The number of hydrogen-bond donors (Lipinski definition) is 2. The summed E-state index contributed by atoms with van der Waals surface area (Å²) < 4.78 is 0. The Morgan fingerprint density at radius 2 is 1.84 bits per heavy atom. The van der Waals surface area contributed by atoms with Crippen molar-refractivity contribution in [2.24, 2.45) is 0 Å². The highest BCUT2D eigenvalue weighted by molar-refractivity contribution is 7.14. The average molecular weight is 491 g/mol. The summed E-state index contributed by atoms with van der Waals surface area (Å²) in [6.07, 6.45) is 0.479. The van der Waals surface area contributed by atoms with E-state index in [0.717, 1.165) is 23.5 Å². The lowest BCUT2D eigenvalue weighted by atomic mass is 10.0. The molecule has 0 radical (unpaired) electrons. The predicted molar refractivity (Wildman–Crippen MR) is 133 cm³/mol. The molecule has 2 heterocycles. The number of anilines is 1. The molecule has 0 aliphatic heterocycles. The lowest BCUT2D eigenvalue weighted by Gasteiger charge is -2.30. The Morgan fingerprint density at radius 1 is 1.06 bits per heavy atom. The molecular formula is C23H27ClN4O2S2. The summed E-state index contributed by atoms with van der Waals surface area (Å²) in [5, 5.41) is 10.8. The largest absolute Gasteiger partial charge is 0.354 e. The van der Waals surface area contributed by atoms with Gasteiger partial charge in [0.1, 0.15) is 0 Å². The molecule has 6 nitrogen and oxygen atoms in total. The van der Waals surface area contributed by atoms with Crippen molar-refractivity contribution in [1.82, 2.24) is 15.2 Å². The zero-order chi connectivity index (χ0) is 22.9. The highest BCUT2D eigenvalue weighted by Crippen LogP contribution is 2.27. The van der Waals surface area contributed by atoms with Crippen LogP contribution >= 0.6 is 34.3 Å². The quantitative estimate of drug-likeness (QED) is 0.405. The van der Waals surface area contributed by atoms with Crippen molar-refractivity contribution in [3.8, 4) is 0 Å². The van der Waals surface area contributed by atoms with Gasteiger partial charge in [-0.25, -0.2) is 4.98 Å². The molecule has 0 bridgehead atoms. The number of amides is 2. The minimum atomic E-state index is -0.115. The van der Waals surface area contributed by atoms with Gasteiger partial charge in [-0.2, -0.15) is 0 Å². The Hall–Kier alpha value is -2.26. The van der Waals surface area contributed by atoms with Crippen molar-refractivity contribution in [2.75, 3.05) is 25.0 Å². The zero-order valence-electron chi connectivity index (χ0n) is 18.1. The number of thiazole rings is 1.